The lowest BCUT2D eigenvalue weighted by atomic mass is 10.1. The Morgan fingerprint density at radius 2 is 1.96 bits per heavy atom. The number of ether oxygens (including phenoxy) is 1. The minimum atomic E-state index is -4.51. The first-order valence-corrected chi connectivity index (χ1v) is 7.13. The number of carbonyl (C=O) groups is 1. The summed E-state index contributed by atoms with van der Waals surface area (Å²) >= 11 is 0. The number of carbonyl (C=O) groups excluding carboxylic acids is 1. The number of nitrogens with one attached hydrogen (secondary N) is 1. The van der Waals surface area contributed by atoms with Crippen LogP contribution in [0.4, 0.5) is 13.2 Å². The van der Waals surface area contributed by atoms with Gasteiger partial charge in [-0.25, -0.2) is 5.06 Å². The molecule has 1 amide bonds. The first kappa shape index (κ1) is 16.5. The van der Waals surface area contributed by atoms with Crippen LogP contribution in [0.15, 0.2) is 29.1 Å². The van der Waals surface area contributed by atoms with E-state index in [1.165, 1.54) is 12.1 Å². The van der Waals surface area contributed by atoms with Crippen LogP contribution in [-0.4, -0.2) is 42.3 Å². The summed E-state index contributed by atoms with van der Waals surface area (Å²) in [5, 5.41) is 1.34. The van der Waals surface area contributed by atoms with Crippen LogP contribution < -0.4 is 5.56 Å². The van der Waals surface area contributed by atoms with Gasteiger partial charge >= 0.3 is 6.18 Å². The van der Waals surface area contributed by atoms with Crippen molar-refractivity contribution in [1.29, 1.82) is 0 Å². The molecule has 24 heavy (non-hydrogen) atoms. The highest BCUT2D eigenvalue weighted by molar-refractivity contribution is 5.96. The van der Waals surface area contributed by atoms with E-state index in [1.807, 2.05) is 0 Å². The Balaban J connectivity index is 1.99. The van der Waals surface area contributed by atoms with Crippen molar-refractivity contribution < 1.29 is 27.5 Å². The Labute approximate surface area is 133 Å². The number of nitrogens with zero attached hydrogens (tertiary/aromatic N) is 1. The number of rotatable bonds is 1. The Kier molecular flexibility index (Phi) is 4.29. The minimum absolute atomic E-state index is 0.00601. The average Bonchev–Trinajstić information content (AvgIpc) is 2.81. The molecule has 1 aromatic carbocycles. The van der Waals surface area contributed by atoms with Crippen LogP contribution in [0, 0.1) is 0 Å². The molecule has 0 spiro atoms. The van der Waals surface area contributed by atoms with Gasteiger partial charge in [0.1, 0.15) is 5.56 Å². The summed E-state index contributed by atoms with van der Waals surface area (Å²) in [6.07, 6.45) is -4.51. The zero-order chi connectivity index (χ0) is 17.3. The Bertz CT molecular complexity index is 824. The second-order valence-corrected chi connectivity index (χ2v) is 5.16. The molecule has 3 rings (SSSR count). The van der Waals surface area contributed by atoms with Gasteiger partial charge in [0.05, 0.1) is 31.9 Å². The van der Waals surface area contributed by atoms with Gasteiger partial charge in [0.25, 0.3) is 11.5 Å². The predicted octanol–water partition coefficient (Wildman–Crippen LogP) is 1.95. The predicted molar refractivity (Wildman–Crippen MR) is 77.4 cm³/mol. The van der Waals surface area contributed by atoms with Crippen molar-refractivity contribution in [1.82, 2.24) is 10.0 Å². The van der Waals surface area contributed by atoms with Gasteiger partial charge in [-0.15, -0.1) is 0 Å². The van der Waals surface area contributed by atoms with E-state index in [-0.39, 0.29) is 30.8 Å². The maximum Gasteiger partial charge on any atom is 0.416 e. The van der Waals surface area contributed by atoms with E-state index in [4.69, 9.17) is 9.57 Å². The largest absolute Gasteiger partial charge is 0.416 e. The van der Waals surface area contributed by atoms with Crippen LogP contribution in [0.3, 0.4) is 0 Å². The van der Waals surface area contributed by atoms with Crippen LogP contribution in [0.1, 0.15) is 15.9 Å². The Hall–Kier alpha value is -2.39. The van der Waals surface area contributed by atoms with Gasteiger partial charge in [-0.2, -0.15) is 13.2 Å². The Morgan fingerprint density at radius 3 is 2.71 bits per heavy atom. The van der Waals surface area contributed by atoms with Crippen molar-refractivity contribution in [3.63, 3.8) is 0 Å². The number of hydroxylamine groups is 2. The second kappa shape index (κ2) is 6.25. The number of fused-ring (bicyclic) bond motifs is 1. The molecule has 0 saturated carbocycles. The van der Waals surface area contributed by atoms with Crippen molar-refractivity contribution in [2.24, 2.45) is 0 Å². The molecule has 0 radical (unpaired) electrons. The summed E-state index contributed by atoms with van der Waals surface area (Å²) in [4.78, 5) is 32.0. The van der Waals surface area contributed by atoms with Crippen LogP contribution in [0.25, 0.3) is 10.9 Å². The number of alkyl halides is 3. The van der Waals surface area contributed by atoms with E-state index >= 15 is 0 Å². The number of benzene rings is 1. The number of hydrogen-bond donors (Lipinski definition) is 1. The monoisotopic (exact) mass is 342 g/mol. The van der Waals surface area contributed by atoms with E-state index < -0.39 is 23.2 Å². The van der Waals surface area contributed by atoms with Crippen LogP contribution in [0.2, 0.25) is 0 Å². The molecule has 1 aliphatic heterocycles. The average molecular weight is 342 g/mol. The number of aromatic nitrogens is 1. The van der Waals surface area contributed by atoms with Gasteiger partial charge in [0.2, 0.25) is 0 Å². The van der Waals surface area contributed by atoms with Crippen molar-refractivity contribution in [2.45, 2.75) is 6.18 Å². The van der Waals surface area contributed by atoms with Crippen molar-refractivity contribution in [3.8, 4) is 0 Å². The molecule has 1 aliphatic rings. The molecule has 1 N–H and O–H groups in total. The number of hydrogen-bond acceptors (Lipinski definition) is 4. The SMILES string of the molecule is O=C(c1cc2ccc(C(F)(F)F)cc2[nH]c1=O)N1CCOCCO1. The fraction of sp³-hybridized carbons (Fsp3) is 0.333. The smallest absolute Gasteiger partial charge is 0.377 e. The quantitative estimate of drug-likeness (QED) is 0.860. The van der Waals surface area contributed by atoms with Crippen molar-refractivity contribution in [2.75, 3.05) is 26.4 Å². The van der Waals surface area contributed by atoms with Crippen LogP contribution >= 0.6 is 0 Å². The normalized spacial score (nSPS) is 16.2. The third-order valence-electron chi connectivity index (χ3n) is 3.54. The summed E-state index contributed by atoms with van der Waals surface area (Å²) < 4.78 is 43.3. The molecule has 0 aliphatic carbocycles. The van der Waals surface area contributed by atoms with Gasteiger partial charge < -0.3 is 9.72 Å². The molecule has 1 aromatic heterocycles. The number of H-pyrrole nitrogens is 1. The third kappa shape index (κ3) is 3.26. The zero-order valence-corrected chi connectivity index (χ0v) is 12.4. The van der Waals surface area contributed by atoms with E-state index in [0.29, 0.717) is 12.0 Å². The van der Waals surface area contributed by atoms with Crippen LogP contribution in [0.5, 0.6) is 0 Å². The van der Waals surface area contributed by atoms with E-state index in [0.717, 1.165) is 17.2 Å². The highest BCUT2D eigenvalue weighted by atomic mass is 19.4. The molecule has 6 nitrogen and oxygen atoms in total. The molecule has 0 unspecified atom stereocenters. The highest BCUT2D eigenvalue weighted by Gasteiger charge is 2.30. The van der Waals surface area contributed by atoms with E-state index in [9.17, 15) is 22.8 Å². The fourth-order valence-corrected chi connectivity index (χ4v) is 2.35. The molecule has 128 valence electrons. The van der Waals surface area contributed by atoms with Gasteiger partial charge in [-0.3, -0.25) is 14.4 Å². The number of pyridine rings is 1. The van der Waals surface area contributed by atoms with Gasteiger partial charge in [-0.1, -0.05) is 6.07 Å². The highest BCUT2D eigenvalue weighted by Crippen LogP contribution is 2.30. The molecular formula is C15H13F3N2O4. The van der Waals surface area contributed by atoms with Gasteiger partial charge in [-0.05, 0) is 23.6 Å². The lowest BCUT2D eigenvalue weighted by molar-refractivity contribution is -0.137. The van der Waals surface area contributed by atoms with Crippen LogP contribution in [-0.2, 0) is 15.8 Å². The maximum absolute atomic E-state index is 12.7. The van der Waals surface area contributed by atoms with E-state index in [2.05, 4.69) is 4.98 Å². The third-order valence-corrected chi connectivity index (χ3v) is 3.54. The van der Waals surface area contributed by atoms with Gasteiger partial charge in [0, 0.05) is 5.52 Å². The molecule has 1 fully saturated rings. The standard InChI is InChI=1S/C15H13F3N2O4/c16-15(17,18)10-2-1-9-7-11(13(21)19-12(9)8-10)14(22)20-3-4-23-5-6-24-20/h1-2,7-8H,3-6H2,(H,19,21). The lowest BCUT2D eigenvalue weighted by Crippen LogP contribution is -2.36. The summed E-state index contributed by atoms with van der Waals surface area (Å²) in [6, 6.07) is 4.19. The molecule has 0 atom stereocenters. The Morgan fingerprint density at radius 1 is 1.17 bits per heavy atom. The summed E-state index contributed by atoms with van der Waals surface area (Å²) in [6.45, 7) is 0.930. The summed E-state index contributed by atoms with van der Waals surface area (Å²) in [5.74, 6) is -0.663. The molecule has 9 heteroatoms. The molecule has 0 bridgehead atoms. The number of halogens is 3. The number of aromatic amines is 1. The first-order valence-electron chi connectivity index (χ1n) is 7.13. The first-order chi connectivity index (χ1) is 11.4. The topological polar surface area (TPSA) is 71.6 Å². The fourth-order valence-electron chi connectivity index (χ4n) is 2.35. The second-order valence-electron chi connectivity index (χ2n) is 5.16. The molecule has 1 saturated heterocycles. The number of amides is 1. The maximum atomic E-state index is 12.7. The van der Waals surface area contributed by atoms with E-state index in [1.54, 1.807) is 0 Å². The van der Waals surface area contributed by atoms with Gasteiger partial charge in [0.15, 0.2) is 0 Å². The zero-order valence-electron chi connectivity index (χ0n) is 12.4. The van der Waals surface area contributed by atoms with Crippen molar-refractivity contribution >= 4 is 16.8 Å². The molecular weight excluding hydrogens is 329 g/mol. The lowest BCUT2D eigenvalue weighted by Gasteiger charge is -2.18. The summed E-state index contributed by atoms with van der Waals surface area (Å²) in [5.41, 5.74) is -1.85. The molecule has 2 heterocycles. The minimum Gasteiger partial charge on any atom is -0.377 e. The summed E-state index contributed by atoms with van der Waals surface area (Å²) in [7, 11) is 0. The van der Waals surface area contributed by atoms with Crippen molar-refractivity contribution in [3.05, 3.63) is 45.7 Å². The molecule has 2 aromatic rings.